The predicted octanol–water partition coefficient (Wildman–Crippen LogP) is 3.25. The number of rotatable bonds is 5. The summed E-state index contributed by atoms with van der Waals surface area (Å²) in [5.41, 5.74) is 6.36. The highest BCUT2D eigenvalue weighted by Gasteiger charge is 2.12. The summed E-state index contributed by atoms with van der Waals surface area (Å²) in [6, 6.07) is 12.1. The molecular weight excluding hydrogens is 270 g/mol. The van der Waals surface area contributed by atoms with Gasteiger partial charge in [-0.3, -0.25) is 0 Å². The molecule has 21 heavy (non-hydrogen) atoms. The van der Waals surface area contributed by atoms with Crippen molar-refractivity contribution in [2.45, 2.75) is 6.92 Å². The summed E-state index contributed by atoms with van der Waals surface area (Å²) in [7, 11) is 1.31. The first-order valence-electron chi connectivity index (χ1n) is 6.53. The Hall–Kier alpha value is -2.69. The second-order valence-electron chi connectivity index (χ2n) is 4.22. The molecule has 0 radical (unpaired) electrons. The fourth-order valence-electron chi connectivity index (χ4n) is 1.82. The number of benzene rings is 2. The minimum Gasteiger partial charge on any atom is -0.490 e. The zero-order valence-corrected chi connectivity index (χ0v) is 12.0. The number of hydrogen-bond acceptors (Lipinski definition) is 5. The van der Waals surface area contributed by atoms with Crippen molar-refractivity contribution in [3.8, 4) is 17.2 Å². The Morgan fingerprint density at radius 3 is 2.52 bits per heavy atom. The van der Waals surface area contributed by atoms with Crippen LogP contribution in [0.2, 0.25) is 0 Å². The molecule has 2 aromatic carbocycles. The molecule has 5 heteroatoms. The van der Waals surface area contributed by atoms with E-state index >= 15 is 0 Å². The van der Waals surface area contributed by atoms with E-state index in [1.165, 1.54) is 7.11 Å². The first kappa shape index (κ1) is 14.7. The summed E-state index contributed by atoms with van der Waals surface area (Å²) in [6.45, 7) is 2.44. The third-order valence-electron chi connectivity index (χ3n) is 2.81. The molecule has 0 heterocycles. The van der Waals surface area contributed by atoms with Crippen molar-refractivity contribution in [2.75, 3.05) is 19.5 Å². The lowest BCUT2D eigenvalue weighted by molar-refractivity contribution is 0.0601. The van der Waals surface area contributed by atoms with E-state index in [4.69, 9.17) is 15.2 Å². The second-order valence-corrected chi connectivity index (χ2v) is 4.22. The van der Waals surface area contributed by atoms with Crippen molar-refractivity contribution < 1.29 is 19.0 Å². The summed E-state index contributed by atoms with van der Waals surface area (Å²) >= 11 is 0. The number of esters is 1. The molecule has 0 amide bonds. The van der Waals surface area contributed by atoms with Gasteiger partial charge < -0.3 is 19.9 Å². The molecule has 0 bridgehead atoms. The zero-order valence-electron chi connectivity index (χ0n) is 12.0. The van der Waals surface area contributed by atoms with Gasteiger partial charge >= 0.3 is 5.97 Å². The molecule has 0 fully saturated rings. The van der Waals surface area contributed by atoms with Gasteiger partial charge in [0.1, 0.15) is 5.75 Å². The maximum atomic E-state index is 11.6. The maximum Gasteiger partial charge on any atom is 0.340 e. The summed E-state index contributed by atoms with van der Waals surface area (Å²) in [4.78, 5) is 11.6. The Kier molecular flexibility index (Phi) is 4.66. The van der Waals surface area contributed by atoms with Gasteiger partial charge in [0.25, 0.3) is 0 Å². The van der Waals surface area contributed by atoms with Gasteiger partial charge in [0.05, 0.1) is 19.3 Å². The van der Waals surface area contributed by atoms with Gasteiger partial charge in [-0.1, -0.05) is 12.1 Å². The molecule has 0 aliphatic carbocycles. The SMILES string of the molecule is CCOc1ccccc1Oc1ccc(N)c(C(=O)OC)c1. The van der Waals surface area contributed by atoms with Gasteiger partial charge in [0, 0.05) is 5.69 Å². The number of nitrogens with two attached hydrogens (primary N) is 1. The Bertz CT molecular complexity index is 640. The van der Waals surface area contributed by atoms with Crippen LogP contribution >= 0.6 is 0 Å². The molecule has 0 unspecified atom stereocenters. The molecule has 2 rings (SSSR count). The number of carbonyl (C=O) groups excluding carboxylic acids is 1. The molecule has 0 saturated heterocycles. The quantitative estimate of drug-likeness (QED) is 0.675. The van der Waals surface area contributed by atoms with Crippen LogP contribution in [-0.2, 0) is 4.74 Å². The first-order chi connectivity index (χ1) is 10.2. The second kappa shape index (κ2) is 6.65. The number of para-hydroxylation sites is 2. The van der Waals surface area contributed by atoms with Gasteiger partial charge in [-0.25, -0.2) is 4.79 Å². The summed E-state index contributed by atoms with van der Waals surface area (Å²) in [6.07, 6.45) is 0. The van der Waals surface area contributed by atoms with Crippen LogP contribution in [-0.4, -0.2) is 19.7 Å². The maximum absolute atomic E-state index is 11.6. The molecule has 0 saturated carbocycles. The van der Waals surface area contributed by atoms with Crippen molar-refractivity contribution in [1.29, 1.82) is 0 Å². The topological polar surface area (TPSA) is 70.8 Å². The first-order valence-corrected chi connectivity index (χ1v) is 6.53. The minimum atomic E-state index is -0.504. The summed E-state index contributed by atoms with van der Waals surface area (Å²) in [5.74, 6) is 1.18. The van der Waals surface area contributed by atoms with Gasteiger partial charge in [-0.15, -0.1) is 0 Å². The Balaban J connectivity index is 2.30. The molecule has 0 spiro atoms. The van der Waals surface area contributed by atoms with Crippen LogP contribution in [0.4, 0.5) is 5.69 Å². The van der Waals surface area contributed by atoms with Gasteiger partial charge in [-0.05, 0) is 37.3 Å². The van der Waals surface area contributed by atoms with E-state index in [2.05, 4.69) is 4.74 Å². The molecule has 0 aromatic heterocycles. The molecule has 0 aliphatic rings. The van der Waals surface area contributed by atoms with Crippen LogP contribution in [0.1, 0.15) is 17.3 Å². The van der Waals surface area contributed by atoms with E-state index in [0.717, 1.165) is 0 Å². The lowest BCUT2D eigenvalue weighted by Gasteiger charge is -2.12. The van der Waals surface area contributed by atoms with E-state index in [0.29, 0.717) is 29.5 Å². The van der Waals surface area contributed by atoms with E-state index in [9.17, 15) is 4.79 Å². The molecule has 110 valence electrons. The number of hydrogen-bond donors (Lipinski definition) is 1. The molecule has 0 aliphatic heterocycles. The van der Waals surface area contributed by atoms with Crippen molar-refractivity contribution in [2.24, 2.45) is 0 Å². The highest BCUT2D eigenvalue weighted by atomic mass is 16.5. The third kappa shape index (κ3) is 3.45. The van der Waals surface area contributed by atoms with Crippen LogP contribution in [0.25, 0.3) is 0 Å². The number of ether oxygens (including phenoxy) is 3. The van der Waals surface area contributed by atoms with E-state index in [-0.39, 0.29) is 5.56 Å². The lowest BCUT2D eigenvalue weighted by Crippen LogP contribution is -2.05. The number of anilines is 1. The molecule has 2 aromatic rings. The predicted molar refractivity (Wildman–Crippen MR) is 79.9 cm³/mol. The molecule has 0 atom stereocenters. The highest BCUT2D eigenvalue weighted by molar-refractivity contribution is 5.95. The number of carbonyl (C=O) groups is 1. The fraction of sp³-hybridized carbons (Fsp3) is 0.188. The molecule has 2 N–H and O–H groups in total. The van der Waals surface area contributed by atoms with Crippen LogP contribution in [0, 0.1) is 0 Å². The summed E-state index contributed by atoms with van der Waals surface area (Å²) < 4.78 is 15.9. The van der Waals surface area contributed by atoms with Crippen LogP contribution in [0.15, 0.2) is 42.5 Å². The van der Waals surface area contributed by atoms with Crippen molar-refractivity contribution in [1.82, 2.24) is 0 Å². The fourth-order valence-corrected chi connectivity index (χ4v) is 1.82. The Morgan fingerprint density at radius 2 is 1.86 bits per heavy atom. The largest absolute Gasteiger partial charge is 0.490 e. The van der Waals surface area contributed by atoms with Gasteiger partial charge in [0.15, 0.2) is 11.5 Å². The smallest absolute Gasteiger partial charge is 0.340 e. The highest BCUT2D eigenvalue weighted by Crippen LogP contribution is 2.32. The normalized spacial score (nSPS) is 10.0. The average molecular weight is 287 g/mol. The van der Waals surface area contributed by atoms with E-state index in [1.54, 1.807) is 24.3 Å². The lowest BCUT2D eigenvalue weighted by atomic mass is 10.1. The summed E-state index contributed by atoms with van der Waals surface area (Å²) in [5, 5.41) is 0. The molecule has 5 nitrogen and oxygen atoms in total. The van der Waals surface area contributed by atoms with E-state index < -0.39 is 5.97 Å². The van der Waals surface area contributed by atoms with Crippen molar-refractivity contribution in [3.05, 3.63) is 48.0 Å². The monoisotopic (exact) mass is 287 g/mol. The van der Waals surface area contributed by atoms with Gasteiger partial charge in [0.2, 0.25) is 0 Å². The zero-order chi connectivity index (χ0) is 15.2. The van der Waals surface area contributed by atoms with E-state index in [1.807, 2.05) is 25.1 Å². The third-order valence-corrected chi connectivity index (χ3v) is 2.81. The van der Waals surface area contributed by atoms with Crippen LogP contribution < -0.4 is 15.2 Å². The Labute approximate surface area is 123 Å². The minimum absolute atomic E-state index is 0.267. The standard InChI is InChI=1S/C16H17NO4/c1-3-20-14-6-4-5-7-15(14)21-11-8-9-13(17)12(10-11)16(18)19-2/h4-10H,3,17H2,1-2H3. The average Bonchev–Trinajstić information content (AvgIpc) is 2.50. The number of nitrogen functional groups attached to an aromatic ring is 1. The van der Waals surface area contributed by atoms with Crippen LogP contribution in [0.5, 0.6) is 17.2 Å². The van der Waals surface area contributed by atoms with Crippen LogP contribution in [0.3, 0.4) is 0 Å². The number of methoxy groups -OCH3 is 1. The Morgan fingerprint density at radius 1 is 1.14 bits per heavy atom. The van der Waals surface area contributed by atoms with Gasteiger partial charge in [-0.2, -0.15) is 0 Å². The molecular formula is C16H17NO4. The van der Waals surface area contributed by atoms with Crippen molar-refractivity contribution in [3.63, 3.8) is 0 Å². The van der Waals surface area contributed by atoms with Crippen molar-refractivity contribution >= 4 is 11.7 Å².